The summed E-state index contributed by atoms with van der Waals surface area (Å²) in [5.74, 6) is 0.259. The molecule has 1 aromatic carbocycles. The number of benzene rings is 1. The predicted octanol–water partition coefficient (Wildman–Crippen LogP) is 2.91. The third-order valence-corrected chi connectivity index (χ3v) is 5.17. The largest absolute Gasteiger partial charge is 0.381 e. The van der Waals surface area contributed by atoms with Crippen molar-refractivity contribution in [3.05, 3.63) is 46.6 Å². The van der Waals surface area contributed by atoms with Gasteiger partial charge in [0, 0.05) is 38.4 Å². The van der Waals surface area contributed by atoms with E-state index in [0.717, 1.165) is 31.6 Å². The first-order valence-corrected chi connectivity index (χ1v) is 9.15. The Hall–Kier alpha value is -1.85. The molecule has 0 aromatic heterocycles. The minimum Gasteiger partial charge on any atom is -0.381 e. The number of hydrogen-bond donors (Lipinski definition) is 2. The highest BCUT2D eigenvalue weighted by Gasteiger charge is 2.31. The van der Waals surface area contributed by atoms with Crippen molar-refractivity contribution in [1.29, 1.82) is 5.41 Å². The number of likely N-dealkylation sites (tertiary alicyclic amines) is 1. The zero-order chi connectivity index (χ0) is 17.6. The maximum atomic E-state index is 12.5. The van der Waals surface area contributed by atoms with E-state index in [4.69, 9.17) is 21.7 Å². The highest BCUT2D eigenvalue weighted by atomic mass is 35.5. The van der Waals surface area contributed by atoms with Gasteiger partial charge in [-0.1, -0.05) is 41.9 Å². The summed E-state index contributed by atoms with van der Waals surface area (Å²) in [6.07, 6.45) is 2.59. The Bertz CT molecular complexity index is 654. The monoisotopic (exact) mass is 361 g/mol. The van der Waals surface area contributed by atoms with E-state index in [0.29, 0.717) is 42.7 Å². The number of carbonyl (C=O) groups is 1. The van der Waals surface area contributed by atoms with Gasteiger partial charge in [0.1, 0.15) is 10.9 Å². The van der Waals surface area contributed by atoms with Crippen LogP contribution in [-0.2, 0) is 16.1 Å². The molecule has 0 radical (unpaired) electrons. The summed E-state index contributed by atoms with van der Waals surface area (Å²) >= 11 is 6.35. The molecular weight excluding hydrogens is 338 g/mol. The van der Waals surface area contributed by atoms with Crippen LogP contribution in [0.4, 0.5) is 0 Å². The van der Waals surface area contributed by atoms with Crippen molar-refractivity contribution in [2.24, 2.45) is 5.92 Å². The van der Waals surface area contributed by atoms with Crippen LogP contribution in [0.5, 0.6) is 0 Å². The Labute approximate surface area is 153 Å². The molecule has 1 aromatic rings. The lowest BCUT2D eigenvalue weighted by Gasteiger charge is -2.33. The summed E-state index contributed by atoms with van der Waals surface area (Å²) in [7, 11) is 0. The molecule has 0 aliphatic carbocycles. The Morgan fingerprint density at radius 2 is 2.00 bits per heavy atom. The third kappa shape index (κ3) is 4.61. The number of rotatable bonds is 5. The van der Waals surface area contributed by atoms with Gasteiger partial charge >= 0.3 is 0 Å². The van der Waals surface area contributed by atoms with Crippen molar-refractivity contribution in [2.45, 2.75) is 25.8 Å². The topological polar surface area (TPSA) is 65.4 Å². The molecule has 0 unspecified atom stereocenters. The van der Waals surface area contributed by atoms with Gasteiger partial charge in [-0.05, 0) is 30.7 Å². The highest BCUT2D eigenvalue weighted by Crippen LogP contribution is 2.23. The van der Waals surface area contributed by atoms with Crippen molar-refractivity contribution in [2.75, 3.05) is 26.3 Å². The number of amides is 1. The molecule has 2 fully saturated rings. The molecule has 2 saturated heterocycles. The molecule has 25 heavy (non-hydrogen) atoms. The summed E-state index contributed by atoms with van der Waals surface area (Å²) in [5.41, 5.74) is 1.74. The van der Waals surface area contributed by atoms with E-state index in [-0.39, 0.29) is 11.6 Å². The lowest BCUT2D eigenvalue weighted by molar-refractivity contribution is -0.125. The number of nitrogens with one attached hydrogen (secondary N) is 2. The van der Waals surface area contributed by atoms with Crippen molar-refractivity contribution >= 4 is 23.2 Å². The quantitative estimate of drug-likeness (QED) is 0.792. The summed E-state index contributed by atoms with van der Waals surface area (Å²) in [5, 5.41) is 11.8. The van der Waals surface area contributed by atoms with Crippen molar-refractivity contribution in [3.8, 4) is 0 Å². The summed E-state index contributed by atoms with van der Waals surface area (Å²) in [6, 6.07) is 9.92. The van der Waals surface area contributed by atoms with Crippen molar-refractivity contribution in [1.82, 2.24) is 10.2 Å². The lowest BCUT2D eigenvalue weighted by Crippen LogP contribution is -2.46. The van der Waals surface area contributed by atoms with Gasteiger partial charge in [-0.15, -0.1) is 0 Å². The SMILES string of the molecule is N=C1C(=O)N(CC2CCOCC2)CC/C1=C(\Cl)NCc1ccccc1. The molecule has 3 rings (SSSR count). The molecule has 2 N–H and O–H groups in total. The van der Waals surface area contributed by atoms with Gasteiger partial charge < -0.3 is 15.0 Å². The smallest absolute Gasteiger partial charge is 0.272 e. The molecule has 0 atom stereocenters. The van der Waals surface area contributed by atoms with Crippen LogP contribution in [0.3, 0.4) is 0 Å². The average molecular weight is 362 g/mol. The molecule has 6 heteroatoms. The lowest BCUT2D eigenvalue weighted by atomic mass is 9.96. The first kappa shape index (κ1) is 18.0. The number of piperidine rings is 1. The first-order valence-electron chi connectivity index (χ1n) is 8.77. The van der Waals surface area contributed by atoms with Crippen LogP contribution in [0.1, 0.15) is 24.8 Å². The van der Waals surface area contributed by atoms with Crippen LogP contribution in [0.2, 0.25) is 0 Å². The van der Waals surface area contributed by atoms with Gasteiger partial charge in [0.25, 0.3) is 5.91 Å². The van der Waals surface area contributed by atoms with Gasteiger partial charge in [0.05, 0.1) is 0 Å². The zero-order valence-electron chi connectivity index (χ0n) is 14.3. The molecule has 0 spiro atoms. The Balaban J connectivity index is 1.59. The second kappa shape index (κ2) is 8.50. The van der Waals surface area contributed by atoms with Gasteiger partial charge in [-0.2, -0.15) is 0 Å². The minimum absolute atomic E-state index is 0.0175. The fourth-order valence-electron chi connectivity index (χ4n) is 3.28. The fourth-order valence-corrected chi connectivity index (χ4v) is 3.53. The molecular formula is C19H24ClN3O2. The maximum absolute atomic E-state index is 12.5. The number of carbonyl (C=O) groups excluding carboxylic acids is 1. The predicted molar refractivity (Wildman–Crippen MR) is 98.6 cm³/mol. The number of ether oxygens (including phenoxy) is 1. The summed E-state index contributed by atoms with van der Waals surface area (Å²) in [6.45, 7) is 3.45. The average Bonchev–Trinajstić information content (AvgIpc) is 2.65. The molecule has 2 aliphatic heterocycles. The second-order valence-corrected chi connectivity index (χ2v) is 6.94. The van der Waals surface area contributed by atoms with Crippen molar-refractivity contribution < 1.29 is 9.53 Å². The minimum atomic E-state index is -0.215. The molecule has 0 bridgehead atoms. The van der Waals surface area contributed by atoms with Crippen LogP contribution in [0.25, 0.3) is 0 Å². The molecule has 2 heterocycles. The molecule has 2 aliphatic rings. The van der Waals surface area contributed by atoms with E-state index < -0.39 is 0 Å². The maximum Gasteiger partial charge on any atom is 0.272 e. The molecule has 0 saturated carbocycles. The van der Waals surface area contributed by atoms with E-state index in [1.165, 1.54) is 0 Å². The van der Waals surface area contributed by atoms with Gasteiger partial charge in [-0.3, -0.25) is 10.2 Å². The van der Waals surface area contributed by atoms with Crippen LogP contribution in [-0.4, -0.2) is 42.8 Å². The molecule has 5 nitrogen and oxygen atoms in total. The number of nitrogens with zero attached hydrogens (tertiary/aromatic N) is 1. The zero-order valence-corrected chi connectivity index (χ0v) is 15.0. The molecule has 1 amide bonds. The Kier molecular flexibility index (Phi) is 6.10. The summed E-state index contributed by atoms with van der Waals surface area (Å²) in [4.78, 5) is 14.3. The van der Waals surface area contributed by atoms with Crippen LogP contribution < -0.4 is 5.32 Å². The molecule has 134 valence electrons. The number of hydrogen-bond acceptors (Lipinski definition) is 4. The van der Waals surface area contributed by atoms with E-state index in [2.05, 4.69) is 5.32 Å². The van der Waals surface area contributed by atoms with Gasteiger partial charge in [0.15, 0.2) is 0 Å². The fraction of sp³-hybridized carbons (Fsp3) is 0.474. The Morgan fingerprint density at radius 3 is 2.72 bits per heavy atom. The third-order valence-electron chi connectivity index (χ3n) is 4.81. The standard InChI is InChI=1S/C19H24ClN3O2/c20-18(22-12-14-4-2-1-3-5-14)16-6-9-23(19(24)17(16)21)13-15-7-10-25-11-8-15/h1-5,15,21-22H,6-13H2/b18-16-,21-17?. The van der Waals surface area contributed by atoms with Gasteiger partial charge in [-0.25, -0.2) is 0 Å². The van der Waals surface area contributed by atoms with Gasteiger partial charge in [0.2, 0.25) is 0 Å². The van der Waals surface area contributed by atoms with Crippen LogP contribution in [0, 0.1) is 11.3 Å². The normalized spacial score (nSPS) is 21.4. The Morgan fingerprint density at radius 1 is 1.28 bits per heavy atom. The van der Waals surface area contributed by atoms with Crippen molar-refractivity contribution in [3.63, 3.8) is 0 Å². The van der Waals surface area contributed by atoms with E-state index >= 15 is 0 Å². The first-order chi connectivity index (χ1) is 12.1. The second-order valence-electron chi connectivity index (χ2n) is 6.56. The van der Waals surface area contributed by atoms with Crippen LogP contribution in [0.15, 0.2) is 41.1 Å². The summed E-state index contributed by atoms with van der Waals surface area (Å²) < 4.78 is 5.37. The van der Waals surface area contributed by atoms with E-state index in [1.54, 1.807) is 4.90 Å². The number of halogens is 1. The van der Waals surface area contributed by atoms with E-state index in [1.807, 2.05) is 30.3 Å². The van der Waals surface area contributed by atoms with E-state index in [9.17, 15) is 4.79 Å². The highest BCUT2D eigenvalue weighted by molar-refractivity contribution is 6.47. The van der Waals surface area contributed by atoms with Crippen LogP contribution >= 0.6 is 11.6 Å².